The van der Waals surface area contributed by atoms with Crippen LogP contribution in [-0.4, -0.2) is 0 Å². The average molecular weight is 883 g/mol. The molecule has 12 rings (SSSR count). The number of hydrogen-bond acceptors (Lipinski definition) is 3. The summed E-state index contributed by atoms with van der Waals surface area (Å²) < 4.78 is 6.93. The van der Waals surface area contributed by atoms with Gasteiger partial charge in [0.1, 0.15) is 5.58 Å². The molecule has 0 aliphatic carbocycles. The Kier molecular flexibility index (Phi) is 10.9. The third kappa shape index (κ3) is 8.03. The van der Waals surface area contributed by atoms with Crippen molar-refractivity contribution in [2.75, 3.05) is 9.80 Å². The summed E-state index contributed by atoms with van der Waals surface area (Å²) in [6, 6.07) is 99.9. The van der Waals surface area contributed by atoms with Crippen LogP contribution in [0.25, 0.3) is 77.6 Å². The second-order valence-electron chi connectivity index (χ2n) is 17.3. The molecule has 11 aromatic carbocycles. The molecule has 1 aromatic heterocycles. The maximum Gasteiger partial charge on any atom is 0.159 e. The first-order valence-electron chi connectivity index (χ1n) is 23.5. The highest BCUT2D eigenvalue weighted by Gasteiger charge is 2.28. The van der Waals surface area contributed by atoms with Gasteiger partial charge < -0.3 is 14.2 Å². The zero-order valence-electron chi connectivity index (χ0n) is 37.9. The lowest BCUT2D eigenvalue weighted by molar-refractivity contribution is 0.669. The molecular weight excluding hydrogens is 837 g/mol. The number of benzene rings is 11. The van der Waals surface area contributed by atoms with E-state index in [9.17, 15) is 0 Å². The van der Waals surface area contributed by atoms with Crippen molar-refractivity contribution in [2.45, 2.75) is 0 Å². The fraction of sp³-hybridized carbons (Fsp3) is 0. The highest BCUT2D eigenvalue weighted by Crippen LogP contribution is 2.52. The van der Waals surface area contributed by atoms with Crippen molar-refractivity contribution in [1.82, 2.24) is 0 Å². The van der Waals surface area contributed by atoms with E-state index in [1.54, 1.807) is 0 Å². The first kappa shape index (κ1) is 41.3. The number of para-hydroxylation sites is 2. The Bertz CT molecular complexity index is 3580. The van der Waals surface area contributed by atoms with Gasteiger partial charge in [-0.05, 0) is 116 Å². The molecule has 3 nitrogen and oxygen atoms in total. The molecule has 0 N–H and O–H groups in total. The normalized spacial score (nSPS) is 11.2. The van der Waals surface area contributed by atoms with Gasteiger partial charge in [0.2, 0.25) is 0 Å². The van der Waals surface area contributed by atoms with Crippen LogP contribution >= 0.6 is 0 Å². The first-order valence-corrected chi connectivity index (χ1v) is 23.5. The molecule has 0 saturated heterocycles. The van der Waals surface area contributed by atoms with Crippen LogP contribution in [-0.2, 0) is 0 Å². The van der Waals surface area contributed by atoms with Crippen LogP contribution in [0.3, 0.4) is 0 Å². The van der Waals surface area contributed by atoms with Crippen LogP contribution in [0.15, 0.2) is 283 Å². The Morgan fingerprint density at radius 3 is 1.00 bits per heavy atom. The van der Waals surface area contributed by atoms with Crippen LogP contribution in [0.2, 0.25) is 0 Å². The van der Waals surface area contributed by atoms with Crippen molar-refractivity contribution in [3.05, 3.63) is 279 Å². The molecule has 12 aromatic rings. The van der Waals surface area contributed by atoms with Crippen molar-refractivity contribution in [2.24, 2.45) is 0 Å². The standard InChI is InChI=1S/C66H46N2O/c1-6-19-47(20-7-1)50-33-39-55(40-34-50)67(56-41-35-51(36-42-56)48-21-8-2-9-22-48)63-45-60(53-25-12-4-13-26-53)61(54-27-14-5-15-28-54)46-64(63)68(57-43-37-52(38-44-57)49-23-10-3-11-24-49)62-31-18-30-59-58-29-16-17-32-65(58)69-66(59)62/h1-46H. The minimum absolute atomic E-state index is 0.816. The third-order valence-corrected chi connectivity index (χ3v) is 13.1. The molecule has 69 heavy (non-hydrogen) atoms. The van der Waals surface area contributed by atoms with E-state index in [1.807, 2.05) is 6.07 Å². The summed E-state index contributed by atoms with van der Waals surface area (Å²) in [6.07, 6.45) is 0. The average Bonchev–Trinajstić information content (AvgIpc) is 3.83. The second kappa shape index (κ2) is 18.2. The SMILES string of the molecule is c1ccc(-c2ccc(N(c3ccc(-c4ccccc4)cc3)c3cc(-c4ccccc4)c(-c4ccccc4)cc3N(c3ccc(-c4ccccc4)cc3)c3cccc4c3oc3ccccc34)cc2)cc1. The van der Waals surface area contributed by atoms with E-state index in [0.717, 1.165) is 95.0 Å². The molecule has 0 atom stereocenters. The number of hydrogen-bond donors (Lipinski definition) is 0. The van der Waals surface area contributed by atoms with Gasteiger partial charge in [-0.2, -0.15) is 0 Å². The predicted molar refractivity (Wildman–Crippen MR) is 290 cm³/mol. The first-order chi connectivity index (χ1) is 34.2. The zero-order valence-corrected chi connectivity index (χ0v) is 37.9. The molecule has 0 unspecified atom stereocenters. The zero-order chi connectivity index (χ0) is 45.9. The van der Waals surface area contributed by atoms with Crippen molar-refractivity contribution in [3.63, 3.8) is 0 Å². The van der Waals surface area contributed by atoms with Gasteiger partial charge in [-0.25, -0.2) is 0 Å². The van der Waals surface area contributed by atoms with E-state index in [4.69, 9.17) is 4.42 Å². The summed E-state index contributed by atoms with van der Waals surface area (Å²) in [6.45, 7) is 0. The molecule has 0 amide bonds. The van der Waals surface area contributed by atoms with Crippen molar-refractivity contribution < 1.29 is 4.42 Å². The molecule has 0 aliphatic heterocycles. The fourth-order valence-corrected chi connectivity index (χ4v) is 9.69. The Hall–Kier alpha value is -9.18. The van der Waals surface area contributed by atoms with Crippen LogP contribution in [0.1, 0.15) is 0 Å². The molecule has 3 heteroatoms. The van der Waals surface area contributed by atoms with Crippen LogP contribution in [0.5, 0.6) is 0 Å². The topological polar surface area (TPSA) is 19.6 Å². The minimum atomic E-state index is 0.816. The van der Waals surface area contributed by atoms with Crippen LogP contribution < -0.4 is 9.80 Å². The Balaban J connectivity index is 1.17. The predicted octanol–water partition coefficient (Wildman–Crippen LogP) is 18.9. The lowest BCUT2D eigenvalue weighted by Crippen LogP contribution is -2.17. The van der Waals surface area contributed by atoms with E-state index in [1.165, 1.54) is 16.7 Å². The summed E-state index contributed by atoms with van der Waals surface area (Å²) in [5, 5.41) is 2.14. The van der Waals surface area contributed by atoms with Gasteiger partial charge in [0.15, 0.2) is 5.58 Å². The van der Waals surface area contributed by atoms with Gasteiger partial charge in [0.25, 0.3) is 0 Å². The second-order valence-corrected chi connectivity index (χ2v) is 17.3. The summed E-state index contributed by atoms with van der Waals surface area (Å²) in [5.74, 6) is 0. The maximum absolute atomic E-state index is 6.93. The van der Waals surface area contributed by atoms with E-state index < -0.39 is 0 Å². The molecule has 0 aliphatic rings. The quantitative estimate of drug-likeness (QED) is 0.129. The third-order valence-electron chi connectivity index (χ3n) is 13.1. The van der Waals surface area contributed by atoms with E-state index in [0.29, 0.717) is 0 Å². The number of fused-ring (bicyclic) bond motifs is 3. The van der Waals surface area contributed by atoms with E-state index in [-0.39, 0.29) is 0 Å². The van der Waals surface area contributed by atoms with Gasteiger partial charge in [0.05, 0.1) is 17.1 Å². The van der Waals surface area contributed by atoms with E-state index >= 15 is 0 Å². The largest absolute Gasteiger partial charge is 0.454 e. The van der Waals surface area contributed by atoms with E-state index in [2.05, 4.69) is 283 Å². The summed E-state index contributed by atoms with van der Waals surface area (Å²) in [7, 11) is 0. The molecule has 0 fully saturated rings. The number of furan rings is 1. The molecule has 326 valence electrons. The maximum atomic E-state index is 6.93. The van der Waals surface area contributed by atoms with Gasteiger partial charge >= 0.3 is 0 Å². The lowest BCUT2D eigenvalue weighted by atomic mass is 9.92. The highest BCUT2D eigenvalue weighted by molar-refractivity contribution is 6.11. The smallest absolute Gasteiger partial charge is 0.159 e. The summed E-state index contributed by atoms with van der Waals surface area (Å²) in [4.78, 5) is 4.82. The van der Waals surface area contributed by atoms with Crippen LogP contribution in [0, 0.1) is 0 Å². The molecule has 0 spiro atoms. The van der Waals surface area contributed by atoms with Crippen LogP contribution in [0.4, 0.5) is 34.1 Å². The van der Waals surface area contributed by atoms with Gasteiger partial charge in [-0.1, -0.05) is 218 Å². The molecular formula is C66H46N2O. The number of nitrogens with zero attached hydrogens (tertiary/aromatic N) is 2. The summed E-state index contributed by atoms with van der Waals surface area (Å²) in [5.41, 5.74) is 19.1. The molecule has 1 heterocycles. The van der Waals surface area contributed by atoms with Gasteiger partial charge in [0, 0.05) is 27.8 Å². The van der Waals surface area contributed by atoms with Crippen molar-refractivity contribution >= 4 is 56.1 Å². The van der Waals surface area contributed by atoms with Gasteiger partial charge in [-0.15, -0.1) is 0 Å². The fourth-order valence-electron chi connectivity index (χ4n) is 9.69. The molecule has 0 bridgehead atoms. The Morgan fingerprint density at radius 2 is 0.565 bits per heavy atom. The monoisotopic (exact) mass is 882 g/mol. The van der Waals surface area contributed by atoms with Gasteiger partial charge in [-0.3, -0.25) is 0 Å². The minimum Gasteiger partial charge on any atom is -0.454 e. The molecule has 0 radical (unpaired) electrons. The molecule has 0 saturated carbocycles. The van der Waals surface area contributed by atoms with Crippen molar-refractivity contribution in [1.29, 1.82) is 0 Å². The highest BCUT2D eigenvalue weighted by atomic mass is 16.3. The summed E-state index contributed by atoms with van der Waals surface area (Å²) >= 11 is 0. The number of anilines is 6. The Morgan fingerprint density at radius 1 is 0.232 bits per heavy atom. The lowest BCUT2D eigenvalue weighted by Gasteiger charge is -2.34. The number of rotatable bonds is 11. The van der Waals surface area contributed by atoms with Crippen molar-refractivity contribution in [3.8, 4) is 55.6 Å². The Labute approximate surface area is 403 Å².